The summed E-state index contributed by atoms with van der Waals surface area (Å²) in [5, 5.41) is 6.76. The molecule has 0 bridgehead atoms. The van der Waals surface area contributed by atoms with Crippen LogP contribution >= 0.6 is 0 Å². The fourth-order valence-corrected chi connectivity index (χ4v) is 4.45. The van der Waals surface area contributed by atoms with Gasteiger partial charge in [0.25, 0.3) is 0 Å². The van der Waals surface area contributed by atoms with Gasteiger partial charge in [-0.3, -0.25) is 4.79 Å². The summed E-state index contributed by atoms with van der Waals surface area (Å²) in [5.41, 5.74) is 0.374. The standard InChI is InChI=1S/C17H30N2O/c1-13(14-6-4-2-3-5-7-14)19-16(20)15-12-17(15)8-10-18-11-9-17/h13-15,18H,2-12H2,1H3,(H,19,20)/t13-,15?/m1/s1. The molecule has 0 radical (unpaired) electrons. The Morgan fingerprint density at radius 3 is 2.45 bits per heavy atom. The average Bonchev–Trinajstić information content (AvgIpc) is 3.19. The van der Waals surface area contributed by atoms with Crippen LogP contribution in [0.3, 0.4) is 0 Å². The first kappa shape index (κ1) is 14.4. The summed E-state index contributed by atoms with van der Waals surface area (Å²) in [6.07, 6.45) is 11.6. The van der Waals surface area contributed by atoms with Gasteiger partial charge >= 0.3 is 0 Å². The Hall–Kier alpha value is -0.570. The predicted molar refractivity (Wildman–Crippen MR) is 81.4 cm³/mol. The third-order valence-electron chi connectivity index (χ3n) is 6.08. The van der Waals surface area contributed by atoms with E-state index in [0.29, 0.717) is 29.2 Å². The number of carbonyl (C=O) groups is 1. The first-order chi connectivity index (χ1) is 9.71. The molecule has 2 aliphatic carbocycles. The molecule has 2 N–H and O–H groups in total. The van der Waals surface area contributed by atoms with Crippen LogP contribution in [-0.4, -0.2) is 25.0 Å². The van der Waals surface area contributed by atoms with Gasteiger partial charge in [-0.2, -0.15) is 0 Å². The summed E-state index contributed by atoms with van der Waals surface area (Å²) in [6, 6.07) is 0.375. The lowest BCUT2D eigenvalue weighted by Gasteiger charge is -2.26. The summed E-state index contributed by atoms with van der Waals surface area (Å²) < 4.78 is 0. The van der Waals surface area contributed by atoms with Crippen molar-refractivity contribution in [2.75, 3.05) is 13.1 Å². The van der Waals surface area contributed by atoms with E-state index < -0.39 is 0 Å². The van der Waals surface area contributed by atoms with E-state index in [4.69, 9.17) is 0 Å². The van der Waals surface area contributed by atoms with Gasteiger partial charge < -0.3 is 10.6 Å². The number of hydrogen-bond acceptors (Lipinski definition) is 2. The van der Waals surface area contributed by atoms with Crippen LogP contribution in [0.5, 0.6) is 0 Å². The number of rotatable bonds is 3. The molecule has 2 saturated carbocycles. The lowest BCUT2D eigenvalue weighted by Crippen LogP contribution is -2.40. The van der Waals surface area contributed by atoms with Crippen molar-refractivity contribution in [3.8, 4) is 0 Å². The second-order valence-electron chi connectivity index (χ2n) is 7.42. The molecule has 0 aromatic heterocycles. The molecule has 0 aromatic carbocycles. The van der Waals surface area contributed by atoms with Crippen molar-refractivity contribution in [1.82, 2.24) is 10.6 Å². The predicted octanol–water partition coefficient (Wildman–Crippen LogP) is 2.85. The Bertz CT molecular complexity index is 341. The van der Waals surface area contributed by atoms with Gasteiger partial charge in [-0.1, -0.05) is 25.7 Å². The molecule has 1 spiro atoms. The fourth-order valence-electron chi connectivity index (χ4n) is 4.45. The summed E-state index contributed by atoms with van der Waals surface area (Å²) in [5.74, 6) is 1.38. The molecule has 3 aliphatic rings. The third kappa shape index (κ3) is 3.03. The van der Waals surface area contributed by atoms with Crippen LogP contribution in [-0.2, 0) is 4.79 Å². The zero-order chi connectivity index (χ0) is 14.0. The van der Waals surface area contributed by atoms with Crippen molar-refractivity contribution >= 4 is 5.91 Å². The lowest BCUT2D eigenvalue weighted by molar-refractivity contribution is -0.124. The van der Waals surface area contributed by atoms with Crippen LogP contribution < -0.4 is 10.6 Å². The zero-order valence-corrected chi connectivity index (χ0v) is 12.9. The Morgan fingerprint density at radius 1 is 1.15 bits per heavy atom. The Labute approximate surface area is 123 Å². The molecule has 0 aromatic rings. The molecule has 1 unspecified atom stereocenters. The Balaban J connectivity index is 1.49. The van der Waals surface area contributed by atoms with Crippen LogP contribution in [0.4, 0.5) is 0 Å². The van der Waals surface area contributed by atoms with Crippen molar-refractivity contribution in [1.29, 1.82) is 0 Å². The number of piperidine rings is 1. The largest absolute Gasteiger partial charge is 0.353 e. The molecule has 1 heterocycles. The van der Waals surface area contributed by atoms with E-state index in [1.54, 1.807) is 0 Å². The molecular formula is C17H30N2O. The van der Waals surface area contributed by atoms with Gasteiger partial charge in [-0.05, 0) is 63.5 Å². The van der Waals surface area contributed by atoms with Gasteiger partial charge in [0.15, 0.2) is 0 Å². The third-order valence-corrected chi connectivity index (χ3v) is 6.08. The maximum absolute atomic E-state index is 12.5. The zero-order valence-electron chi connectivity index (χ0n) is 12.9. The van der Waals surface area contributed by atoms with Gasteiger partial charge in [0.05, 0.1) is 0 Å². The first-order valence-corrected chi connectivity index (χ1v) is 8.72. The molecule has 1 saturated heterocycles. The average molecular weight is 278 g/mol. The van der Waals surface area contributed by atoms with Gasteiger partial charge in [-0.15, -0.1) is 0 Å². The summed E-state index contributed by atoms with van der Waals surface area (Å²) in [6.45, 7) is 4.43. The minimum absolute atomic E-state index is 0.317. The van der Waals surface area contributed by atoms with Gasteiger partial charge in [0.1, 0.15) is 0 Å². The monoisotopic (exact) mass is 278 g/mol. The van der Waals surface area contributed by atoms with Crippen LogP contribution in [0.1, 0.15) is 64.7 Å². The van der Waals surface area contributed by atoms with E-state index in [9.17, 15) is 4.79 Å². The quantitative estimate of drug-likeness (QED) is 0.779. The molecule has 20 heavy (non-hydrogen) atoms. The molecule has 3 nitrogen and oxygen atoms in total. The van der Waals surface area contributed by atoms with Crippen molar-refractivity contribution in [3.63, 3.8) is 0 Å². The van der Waals surface area contributed by atoms with Crippen molar-refractivity contribution in [2.45, 2.75) is 70.8 Å². The maximum atomic E-state index is 12.5. The van der Waals surface area contributed by atoms with Gasteiger partial charge in [0.2, 0.25) is 5.91 Å². The number of amides is 1. The fraction of sp³-hybridized carbons (Fsp3) is 0.941. The SMILES string of the molecule is C[C@@H](NC(=O)C1CC12CCNCC2)C1CCCCCC1. The molecular weight excluding hydrogens is 248 g/mol. The summed E-state index contributed by atoms with van der Waals surface area (Å²) in [4.78, 5) is 12.5. The summed E-state index contributed by atoms with van der Waals surface area (Å²) >= 11 is 0. The molecule has 3 fully saturated rings. The normalized spacial score (nSPS) is 31.6. The number of carbonyl (C=O) groups excluding carboxylic acids is 1. The van der Waals surface area contributed by atoms with Crippen molar-refractivity contribution in [3.05, 3.63) is 0 Å². The lowest BCUT2D eigenvalue weighted by atomic mass is 9.90. The van der Waals surface area contributed by atoms with E-state index in [-0.39, 0.29) is 0 Å². The molecule has 2 atom stereocenters. The molecule has 3 rings (SSSR count). The van der Waals surface area contributed by atoms with Crippen molar-refractivity contribution in [2.24, 2.45) is 17.3 Å². The highest BCUT2D eigenvalue weighted by Gasteiger charge is 2.57. The van der Waals surface area contributed by atoms with E-state index in [2.05, 4.69) is 17.6 Å². The first-order valence-electron chi connectivity index (χ1n) is 8.72. The van der Waals surface area contributed by atoms with Crippen LogP contribution in [0.15, 0.2) is 0 Å². The van der Waals surface area contributed by atoms with E-state index in [1.807, 2.05) is 0 Å². The number of nitrogens with one attached hydrogen (secondary N) is 2. The highest BCUT2D eigenvalue weighted by atomic mass is 16.2. The maximum Gasteiger partial charge on any atom is 0.223 e. The smallest absolute Gasteiger partial charge is 0.223 e. The molecule has 1 amide bonds. The van der Waals surface area contributed by atoms with Crippen molar-refractivity contribution < 1.29 is 4.79 Å². The molecule has 3 heteroatoms. The van der Waals surface area contributed by atoms with Gasteiger partial charge in [-0.25, -0.2) is 0 Å². The second-order valence-corrected chi connectivity index (χ2v) is 7.42. The van der Waals surface area contributed by atoms with Gasteiger partial charge in [0, 0.05) is 12.0 Å². The molecule has 114 valence electrons. The van der Waals surface area contributed by atoms with Crippen LogP contribution in [0.25, 0.3) is 0 Å². The minimum Gasteiger partial charge on any atom is -0.353 e. The Kier molecular flexibility index (Phi) is 4.34. The van der Waals surface area contributed by atoms with E-state index in [0.717, 1.165) is 19.5 Å². The number of hydrogen-bond donors (Lipinski definition) is 2. The second kappa shape index (κ2) is 6.05. The van der Waals surface area contributed by atoms with Crippen LogP contribution in [0, 0.1) is 17.3 Å². The molecule has 1 aliphatic heterocycles. The van der Waals surface area contributed by atoms with Crippen LogP contribution in [0.2, 0.25) is 0 Å². The summed E-state index contributed by atoms with van der Waals surface area (Å²) in [7, 11) is 0. The van der Waals surface area contributed by atoms with E-state index in [1.165, 1.54) is 51.4 Å². The minimum atomic E-state index is 0.317. The topological polar surface area (TPSA) is 41.1 Å². The Morgan fingerprint density at radius 2 is 1.80 bits per heavy atom. The highest BCUT2D eigenvalue weighted by molar-refractivity contribution is 5.82. The van der Waals surface area contributed by atoms with E-state index >= 15 is 0 Å². The highest BCUT2D eigenvalue weighted by Crippen LogP contribution is 2.58.